The lowest BCUT2D eigenvalue weighted by Crippen LogP contribution is -2.13. The van der Waals surface area contributed by atoms with Gasteiger partial charge in [-0.3, -0.25) is 4.72 Å². The van der Waals surface area contributed by atoms with Crippen molar-refractivity contribution in [2.24, 2.45) is 0 Å². The standard InChI is InChI=1S/C12H10ClFN2O3S/c1-19-12-5-3-9(7-15-12)16-20(17,18)11-4-2-8(14)6-10(11)13/h2-7,16H,1H3. The van der Waals surface area contributed by atoms with Crippen molar-refractivity contribution in [3.05, 3.63) is 47.4 Å². The maximum atomic E-state index is 12.9. The van der Waals surface area contributed by atoms with E-state index in [0.717, 1.165) is 18.2 Å². The van der Waals surface area contributed by atoms with E-state index in [0.29, 0.717) is 5.88 Å². The van der Waals surface area contributed by atoms with Crippen LogP contribution in [0.5, 0.6) is 5.88 Å². The van der Waals surface area contributed by atoms with Gasteiger partial charge in [-0.05, 0) is 24.3 Å². The summed E-state index contributed by atoms with van der Waals surface area (Å²) in [5.41, 5.74) is 0.242. The Kier molecular flexibility index (Phi) is 4.10. The maximum Gasteiger partial charge on any atom is 0.263 e. The molecule has 106 valence electrons. The number of aromatic nitrogens is 1. The van der Waals surface area contributed by atoms with Crippen molar-refractivity contribution in [1.29, 1.82) is 0 Å². The van der Waals surface area contributed by atoms with Crippen LogP contribution in [-0.4, -0.2) is 20.5 Å². The molecule has 0 unspecified atom stereocenters. The van der Waals surface area contributed by atoms with Gasteiger partial charge in [-0.25, -0.2) is 17.8 Å². The molecule has 0 atom stereocenters. The molecule has 0 saturated carbocycles. The second kappa shape index (κ2) is 5.64. The predicted molar refractivity (Wildman–Crippen MR) is 73.0 cm³/mol. The Hall–Kier alpha value is -1.86. The average Bonchev–Trinajstić information content (AvgIpc) is 2.38. The van der Waals surface area contributed by atoms with Crippen LogP contribution in [0.1, 0.15) is 0 Å². The molecule has 1 N–H and O–H groups in total. The molecule has 0 bridgehead atoms. The van der Waals surface area contributed by atoms with Gasteiger partial charge in [-0.15, -0.1) is 0 Å². The average molecular weight is 317 g/mol. The van der Waals surface area contributed by atoms with Gasteiger partial charge in [0.15, 0.2) is 0 Å². The number of rotatable bonds is 4. The summed E-state index contributed by atoms with van der Waals surface area (Å²) < 4.78 is 44.3. The molecule has 5 nitrogen and oxygen atoms in total. The first-order valence-electron chi connectivity index (χ1n) is 5.40. The van der Waals surface area contributed by atoms with Crippen LogP contribution in [-0.2, 0) is 10.0 Å². The van der Waals surface area contributed by atoms with Crippen molar-refractivity contribution in [2.45, 2.75) is 4.90 Å². The number of pyridine rings is 1. The Morgan fingerprint density at radius 1 is 1.30 bits per heavy atom. The highest BCUT2D eigenvalue weighted by Crippen LogP contribution is 2.24. The van der Waals surface area contributed by atoms with Crippen LogP contribution >= 0.6 is 11.6 Å². The topological polar surface area (TPSA) is 68.3 Å². The largest absolute Gasteiger partial charge is 0.481 e. The van der Waals surface area contributed by atoms with E-state index in [2.05, 4.69) is 9.71 Å². The number of hydrogen-bond donors (Lipinski definition) is 1. The molecule has 0 radical (unpaired) electrons. The Morgan fingerprint density at radius 2 is 2.05 bits per heavy atom. The van der Waals surface area contributed by atoms with E-state index in [-0.39, 0.29) is 15.6 Å². The summed E-state index contributed by atoms with van der Waals surface area (Å²) in [6.07, 6.45) is 1.30. The van der Waals surface area contributed by atoms with Crippen LogP contribution in [0.3, 0.4) is 0 Å². The van der Waals surface area contributed by atoms with E-state index in [1.54, 1.807) is 0 Å². The Bertz CT molecular complexity index is 720. The summed E-state index contributed by atoms with van der Waals surface area (Å²) in [5, 5.41) is -0.195. The van der Waals surface area contributed by atoms with E-state index >= 15 is 0 Å². The van der Waals surface area contributed by atoms with E-state index in [9.17, 15) is 12.8 Å². The maximum absolute atomic E-state index is 12.9. The molecule has 0 spiro atoms. The van der Waals surface area contributed by atoms with Gasteiger partial charge in [0.05, 0.1) is 24.0 Å². The van der Waals surface area contributed by atoms with Crippen molar-refractivity contribution in [2.75, 3.05) is 11.8 Å². The number of nitrogens with zero attached hydrogens (tertiary/aromatic N) is 1. The normalized spacial score (nSPS) is 11.2. The van der Waals surface area contributed by atoms with Gasteiger partial charge in [0.2, 0.25) is 5.88 Å². The molecule has 20 heavy (non-hydrogen) atoms. The molecule has 8 heteroatoms. The van der Waals surface area contributed by atoms with Crippen molar-refractivity contribution in [1.82, 2.24) is 4.98 Å². The lowest BCUT2D eigenvalue weighted by Gasteiger charge is -2.09. The smallest absolute Gasteiger partial charge is 0.263 e. The molecule has 0 aliphatic heterocycles. The fourth-order valence-electron chi connectivity index (χ4n) is 1.46. The van der Waals surface area contributed by atoms with Crippen molar-refractivity contribution in [3.63, 3.8) is 0 Å². The number of sulfonamides is 1. The fourth-order valence-corrected chi connectivity index (χ4v) is 3.04. The lowest BCUT2D eigenvalue weighted by atomic mass is 10.3. The molecule has 0 fully saturated rings. The number of methoxy groups -OCH3 is 1. The lowest BCUT2D eigenvalue weighted by molar-refractivity contribution is 0.398. The van der Waals surface area contributed by atoms with Crippen LogP contribution in [0.4, 0.5) is 10.1 Å². The molecule has 0 aliphatic carbocycles. The summed E-state index contributed by atoms with van der Waals surface area (Å²) in [5.74, 6) is -0.257. The molecule has 2 rings (SSSR count). The van der Waals surface area contributed by atoms with Crippen molar-refractivity contribution in [3.8, 4) is 5.88 Å². The van der Waals surface area contributed by atoms with E-state index in [1.807, 2.05) is 0 Å². The molecule has 1 aromatic heterocycles. The zero-order chi connectivity index (χ0) is 14.8. The summed E-state index contributed by atoms with van der Waals surface area (Å²) >= 11 is 5.73. The quantitative estimate of drug-likeness (QED) is 0.941. The summed E-state index contributed by atoms with van der Waals surface area (Å²) in [4.78, 5) is 3.66. The summed E-state index contributed by atoms with van der Waals surface area (Å²) in [7, 11) is -2.46. The minimum atomic E-state index is -3.91. The minimum Gasteiger partial charge on any atom is -0.481 e. The monoisotopic (exact) mass is 316 g/mol. The predicted octanol–water partition coefficient (Wildman–Crippen LogP) is 2.68. The second-order valence-electron chi connectivity index (χ2n) is 3.77. The van der Waals surface area contributed by atoms with Gasteiger partial charge in [0.25, 0.3) is 10.0 Å². The third-order valence-electron chi connectivity index (χ3n) is 2.38. The van der Waals surface area contributed by atoms with Crippen LogP contribution in [0, 0.1) is 5.82 Å². The second-order valence-corrected chi connectivity index (χ2v) is 5.83. The third kappa shape index (κ3) is 3.17. The molecule has 0 amide bonds. The Morgan fingerprint density at radius 3 is 2.60 bits per heavy atom. The molecule has 1 aromatic carbocycles. The summed E-state index contributed by atoms with van der Waals surface area (Å²) in [6.45, 7) is 0. The first-order chi connectivity index (χ1) is 9.42. The van der Waals surface area contributed by atoms with Gasteiger partial charge in [0.1, 0.15) is 10.7 Å². The van der Waals surface area contributed by atoms with Crippen molar-refractivity contribution >= 4 is 27.3 Å². The number of ether oxygens (including phenoxy) is 1. The number of halogens is 2. The first kappa shape index (κ1) is 14.5. The van der Waals surface area contributed by atoms with Gasteiger partial charge >= 0.3 is 0 Å². The number of benzene rings is 1. The van der Waals surface area contributed by atoms with E-state index in [4.69, 9.17) is 16.3 Å². The molecule has 2 aromatic rings. The highest BCUT2D eigenvalue weighted by atomic mass is 35.5. The van der Waals surface area contributed by atoms with Gasteiger partial charge in [0, 0.05) is 6.07 Å². The molecular weight excluding hydrogens is 307 g/mol. The molecule has 0 aliphatic rings. The highest BCUT2D eigenvalue weighted by molar-refractivity contribution is 7.92. The Balaban J connectivity index is 2.30. The molecular formula is C12H10ClFN2O3S. The zero-order valence-corrected chi connectivity index (χ0v) is 11.9. The van der Waals surface area contributed by atoms with E-state index in [1.165, 1.54) is 25.4 Å². The number of anilines is 1. The van der Waals surface area contributed by atoms with E-state index < -0.39 is 15.8 Å². The Labute approximate surface area is 120 Å². The van der Waals surface area contributed by atoms with Crippen molar-refractivity contribution < 1.29 is 17.5 Å². The van der Waals surface area contributed by atoms with Crippen LogP contribution in [0.25, 0.3) is 0 Å². The van der Waals surface area contributed by atoms with Gasteiger partial charge in [-0.1, -0.05) is 11.6 Å². The zero-order valence-electron chi connectivity index (χ0n) is 10.3. The fraction of sp³-hybridized carbons (Fsp3) is 0.0833. The van der Waals surface area contributed by atoms with Gasteiger partial charge < -0.3 is 4.74 Å². The third-order valence-corrected chi connectivity index (χ3v) is 4.25. The SMILES string of the molecule is COc1ccc(NS(=O)(=O)c2ccc(F)cc2Cl)cn1. The minimum absolute atomic E-state index is 0.195. The van der Waals surface area contributed by atoms with Crippen LogP contribution < -0.4 is 9.46 Å². The molecule has 0 saturated heterocycles. The van der Waals surface area contributed by atoms with Crippen LogP contribution in [0.15, 0.2) is 41.4 Å². The number of nitrogens with one attached hydrogen (secondary N) is 1. The summed E-state index contributed by atoms with van der Waals surface area (Å²) in [6, 6.07) is 6.04. The highest BCUT2D eigenvalue weighted by Gasteiger charge is 2.18. The van der Waals surface area contributed by atoms with Crippen LogP contribution in [0.2, 0.25) is 5.02 Å². The molecule has 1 heterocycles. The first-order valence-corrected chi connectivity index (χ1v) is 7.26. The number of hydrogen-bond acceptors (Lipinski definition) is 4. The van der Waals surface area contributed by atoms with Gasteiger partial charge in [-0.2, -0.15) is 0 Å².